The predicted molar refractivity (Wildman–Crippen MR) is 119 cm³/mol. The highest BCUT2D eigenvalue weighted by molar-refractivity contribution is 6.32. The summed E-state index contributed by atoms with van der Waals surface area (Å²) in [7, 11) is 0. The molecule has 3 rings (SSSR count). The summed E-state index contributed by atoms with van der Waals surface area (Å²) in [5, 5.41) is 4.16. The van der Waals surface area contributed by atoms with Gasteiger partial charge in [-0.05, 0) is 48.7 Å². The lowest BCUT2D eigenvalue weighted by atomic mass is 9.94. The average Bonchev–Trinajstić information content (AvgIpc) is 2.73. The van der Waals surface area contributed by atoms with Crippen LogP contribution in [-0.4, -0.2) is 23.7 Å². The van der Waals surface area contributed by atoms with E-state index in [4.69, 9.17) is 34.8 Å². The summed E-state index contributed by atoms with van der Waals surface area (Å²) in [4.78, 5) is 27.7. The molecule has 1 N–H and O–H groups in total. The SMILES string of the molecule is O=C(NC1CCCCC1)[C@@H](c1ccc(Cl)cc1)N(C(=O)CCl)c1cccc(Cl)c1. The molecule has 0 unspecified atom stereocenters. The Morgan fingerprint density at radius 2 is 1.69 bits per heavy atom. The van der Waals surface area contributed by atoms with Crippen molar-refractivity contribution in [1.29, 1.82) is 0 Å². The number of hydrogen-bond acceptors (Lipinski definition) is 2. The summed E-state index contributed by atoms with van der Waals surface area (Å²) in [6.45, 7) is 0. The zero-order valence-electron chi connectivity index (χ0n) is 15.9. The van der Waals surface area contributed by atoms with E-state index in [-0.39, 0.29) is 23.7 Å². The third-order valence-corrected chi connectivity index (χ3v) is 5.83. The number of nitrogens with one attached hydrogen (secondary N) is 1. The van der Waals surface area contributed by atoms with Gasteiger partial charge in [0.25, 0.3) is 0 Å². The first-order valence-corrected chi connectivity index (χ1v) is 11.0. The fraction of sp³-hybridized carbons (Fsp3) is 0.364. The third-order valence-electron chi connectivity index (χ3n) is 5.11. The van der Waals surface area contributed by atoms with Crippen molar-refractivity contribution < 1.29 is 9.59 Å². The normalized spacial score (nSPS) is 15.6. The Labute approximate surface area is 186 Å². The van der Waals surface area contributed by atoms with Crippen molar-refractivity contribution in [2.24, 2.45) is 0 Å². The van der Waals surface area contributed by atoms with Crippen LogP contribution in [0.25, 0.3) is 0 Å². The van der Waals surface area contributed by atoms with Crippen LogP contribution in [0.15, 0.2) is 48.5 Å². The van der Waals surface area contributed by atoms with Gasteiger partial charge in [0.2, 0.25) is 11.8 Å². The Morgan fingerprint density at radius 3 is 2.31 bits per heavy atom. The maximum atomic E-state index is 13.4. The molecule has 0 radical (unpaired) electrons. The van der Waals surface area contributed by atoms with Gasteiger partial charge in [0, 0.05) is 21.8 Å². The van der Waals surface area contributed by atoms with Crippen molar-refractivity contribution in [1.82, 2.24) is 5.32 Å². The average molecular weight is 454 g/mol. The first-order chi connectivity index (χ1) is 14.0. The summed E-state index contributed by atoms with van der Waals surface area (Å²) in [5.74, 6) is -0.877. The highest BCUT2D eigenvalue weighted by atomic mass is 35.5. The van der Waals surface area contributed by atoms with E-state index >= 15 is 0 Å². The number of carbonyl (C=O) groups is 2. The smallest absolute Gasteiger partial charge is 0.248 e. The molecule has 4 nitrogen and oxygen atoms in total. The second-order valence-electron chi connectivity index (χ2n) is 7.17. The van der Waals surface area contributed by atoms with E-state index in [9.17, 15) is 9.59 Å². The van der Waals surface area contributed by atoms with Crippen molar-refractivity contribution in [3.05, 3.63) is 64.1 Å². The quantitative estimate of drug-likeness (QED) is 0.566. The lowest BCUT2D eigenvalue weighted by molar-refractivity contribution is -0.126. The number of benzene rings is 2. The van der Waals surface area contributed by atoms with Gasteiger partial charge in [-0.2, -0.15) is 0 Å². The second kappa shape index (κ2) is 10.3. The van der Waals surface area contributed by atoms with Gasteiger partial charge in [-0.25, -0.2) is 0 Å². The maximum Gasteiger partial charge on any atom is 0.248 e. The molecule has 1 aliphatic rings. The van der Waals surface area contributed by atoms with Crippen LogP contribution in [0.4, 0.5) is 5.69 Å². The van der Waals surface area contributed by atoms with Crippen LogP contribution >= 0.6 is 34.8 Å². The first-order valence-electron chi connectivity index (χ1n) is 9.69. The molecular formula is C22H23Cl3N2O2. The predicted octanol–water partition coefficient (Wildman–Crippen LogP) is 5.76. The van der Waals surface area contributed by atoms with E-state index in [1.807, 2.05) is 0 Å². The molecule has 0 heterocycles. The molecule has 1 atom stereocenters. The Hall–Kier alpha value is -1.75. The lowest BCUT2D eigenvalue weighted by Crippen LogP contribution is -2.47. The molecule has 154 valence electrons. The maximum absolute atomic E-state index is 13.4. The van der Waals surface area contributed by atoms with Crippen LogP contribution in [0.5, 0.6) is 0 Å². The molecule has 0 aromatic heterocycles. The van der Waals surface area contributed by atoms with Crippen molar-refractivity contribution >= 4 is 52.3 Å². The van der Waals surface area contributed by atoms with Gasteiger partial charge >= 0.3 is 0 Å². The molecule has 1 saturated carbocycles. The van der Waals surface area contributed by atoms with E-state index in [1.54, 1.807) is 48.5 Å². The number of anilines is 1. The number of nitrogens with zero attached hydrogens (tertiary/aromatic N) is 1. The van der Waals surface area contributed by atoms with Gasteiger partial charge in [-0.15, -0.1) is 11.6 Å². The zero-order valence-corrected chi connectivity index (χ0v) is 18.2. The van der Waals surface area contributed by atoms with Gasteiger partial charge in [-0.1, -0.05) is 60.7 Å². The second-order valence-corrected chi connectivity index (χ2v) is 8.31. The molecular weight excluding hydrogens is 431 g/mol. The largest absolute Gasteiger partial charge is 0.351 e. The first kappa shape index (κ1) is 21.9. The Kier molecular flexibility index (Phi) is 7.82. The van der Waals surface area contributed by atoms with E-state index in [0.717, 1.165) is 25.7 Å². The van der Waals surface area contributed by atoms with Gasteiger partial charge < -0.3 is 5.32 Å². The van der Waals surface area contributed by atoms with E-state index in [1.165, 1.54) is 11.3 Å². The summed E-state index contributed by atoms with van der Waals surface area (Å²) < 4.78 is 0. The summed E-state index contributed by atoms with van der Waals surface area (Å²) in [5.41, 5.74) is 1.17. The van der Waals surface area contributed by atoms with Crippen LogP contribution in [-0.2, 0) is 9.59 Å². The highest BCUT2D eigenvalue weighted by Gasteiger charge is 2.33. The third kappa shape index (κ3) is 5.65. The Bertz CT molecular complexity index is 851. The van der Waals surface area contributed by atoms with Crippen molar-refractivity contribution in [3.63, 3.8) is 0 Å². The molecule has 2 amide bonds. The van der Waals surface area contributed by atoms with Crippen molar-refractivity contribution in [3.8, 4) is 0 Å². The molecule has 0 aliphatic heterocycles. The molecule has 0 saturated heterocycles. The van der Waals surface area contributed by atoms with Crippen LogP contribution in [0, 0.1) is 0 Å². The number of carbonyl (C=O) groups excluding carboxylic acids is 2. The fourth-order valence-corrected chi connectivity index (χ4v) is 4.16. The number of amides is 2. The number of rotatable bonds is 6. The number of hydrogen-bond donors (Lipinski definition) is 1. The van der Waals surface area contributed by atoms with E-state index in [0.29, 0.717) is 21.3 Å². The van der Waals surface area contributed by atoms with Crippen molar-refractivity contribution in [2.75, 3.05) is 10.8 Å². The molecule has 0 bridgehead atoms. The molecule has 2 aromatic carbocycles. The zero-order chi connectivity index (χ0) is 20.8. The van der Waals surface area contributed by atoms with Gasteiger partial charge in [0.05, 0.1) is 0 Å². The Morgan fingerprint density at radius 1 is 1.00 bits per heavy atom. The molecule has 1 aliphatic carbocycles. The van der Waals surface area contributed by atoms with Crippen LogP contribution < -0.4 is 10.2 Å². The number of alkyl halides is 1. The Balaban J connectivity index is 2.01. The van der Waals surface area contributed by atoms with Crippen LogP contribution in [0.3, 0.4) is 0 Å². The molecule has 7 heteroatoms. The van der Waals surface area contributed by atoms with Gasteiger partial charge in [0.15, 0.2) is 0 Å². The molecule has 1 fully saturated rings. The minimum absolute atomic E-state index is 0.110. The minimum Gasteiger partial charge on any atom is -0.351 e. The van der Waals surface area contributed by atoms with Gasteiger partial charge in [-0.3, -0.25) is 14.5 Å². The van der Waals surface area contributed by atoms with E-state index < -0.39 is 6.04 Å². The van der Waals surface area contributed by atoms with Gasteiger partial charge in [0.1, 0.15) is 11.9 Å². The fourth-order valence-electron chi connectivity index (χ4n) is 3.72. The standard InChI is InChI=1S/C22H23Cl3N2O2/c23-14-20(28)27(19-8-4-5-17(25)13-19)21(15-9-11-16(24)12-10-15)22(29)26-18-6-2-1-3-7-18/h4-5,8-13,18,21H,1-3,6-7,14H2,(H,26,29)/t21-/m1/s1. The highest BCUT2D eigenvalue weighted by Crippen LogP contribution is 2.31. The monoisotopic (exact) mass is 452 g/mol. The lowest BCUT2D eigenvalue weighted by Gasteiger charge is -2.33. The molecule has 29 heavy (non-hydrogen) atoms. The topological polar surface area (TPSA) is 49.4 Å². The number of halogens is 3. The van der Waals surface area contributed by atoms with E-state index in [2.05, 4.69) is 5.32 Å². The summed E-state index contributed by atoms with van der Waals surface area (Å²) in [6.07, 6.45) is 5.26. The van der Waals surface area contributed by atoms with Crippen molar-refractivity contribution in [2.45, 2.75) is 44.2 Å². The molecule has 2 aromatic rings. The van der Waals surface area contributed by atoms with Crippen LogP contribution in [0.1, 0.15) is 43.7 Å². The minimum atomic E-state index is -0.876. The van der Waals surface area contributed by atoms with Crippen LogP contribution in [0.2, 0.25) is 10.0 Å². The summed E-state index contributed by atoms with van der Waals surface area (Å²) in [6, 6.07) is 13.0. The summed E-state index contributed by atoms with van der Waals surface area (Å²) >= 11 is 18.1. The molecule has 0 spiro atoms.